The second kappa shape index (κ2) is 6.82. The van der Waals surface area contributed by atoms with Crippen molar-refractivity contribution in [2.24, 2.45) is 0 Å². The Morgan fingerprint density at radius 2 is 1.86 bits per heavy atom. The largest absolute Gasteiger partial charge is 0.464 e. The molecule has 1 saturated heterocycles. The third-order valence-corrected chi connectivity index (χ3v) is 3.38. The van der Waals surface area contributed by atoms with E-state index < -0.39 is 39.9 Å². The molecule has 0 aliphatic carbocycles. The number of likely N-dealkylation sites (tertiary alicyclic amines) is 1. The lowest BCUT2D eigenvalue weighted by Gasteiger charge is -2.27. The highest BCUT2D eigenvalue weighted by Gasteiger charge is 2.43. The second-order valence-electron chi connectivity index (χ2n) is 6.06. The van der Waals surface area contributed by atoms with Gasteiger partial charge in [-0.15, -0.1) is 0 Å². The quantitative estimate of drug-likeness (QED) is 0.555. The van der Waals surface area contributed by atoms with E-state index in [4.69, 9.17) is 13.7 Å². The second-order valence-corrected chi connectivity index (χ2v) is 7.66. The van der Waals surface area contributed by atoms with Crippen LogP contribution in [0.3, 0.4) is 0 Å². The molecule has 1 rings (SSSR count). The van der Waals surface area contributed by atoms with Gasteiger partial charge >= 0.3 is 12.1 Å². The molecule has 0 radical (unpaired) electrons. The minimum atomic E-state index is -3.68. The van der Waals surface area contributed by atoms with Gasteiger partial charge in [-0.3, -0.25) is 9.08 Å². The number of rotatable bonds is 4. The average molecular weight is 337 g/mol. The molecule has 0 aromatic rings. The minimum absolute atomic E-state index is 0.0468. The maximum absolute atomic E-state index is 12.2. The highest BCUT2D eigenvalue weighted by Crippen LogP contribution is 2.25. The Bertz CT molecular complexity index is 523. The standard InChI is InChI=1S/C13H23NO7S/c1-6-19-11(15)10-7-9(21-22(5,17)18)8-14(10)12(16)20-13(2,3)4/h9-10H,6-8H2,1-5H3/t9-,10+/m1/s1. The van der Waals surface area contributed by atoms with Gasteiger partial charge in [0.05, 0.1) is 25.5 Å². The van der Waals surface area contributed by atoms with E-state index in [0.717, 1.165) is 11.2 Å². The zero-order valence-corrected chi connectivity index (χ0v) is 14.3. The molecule has 1 aliphatic rings. The number of hydrogen-bond acceptors (Lipinski definition) is 7. The molecule has 1 heterocycles. The molecule has 8 nitrogen and oxygen atoms in total. The Kier molecular flexibility index (Phi) is 5.80. The van der Waals surface area contributed by atoms with Gasteiger partial charge in [0.2, 0.25) is 0 Å². The summed E-state index contributed by atoms with van der Waals surface area (Å²) in [4.78, 5) is 25.3. The highest BCUT2D eigenvalue weighted by atomic mass is 32.2. The maximum atomic E-state index is 12.2. The first-order chi connectivity index (χ1) is 9.93. The van der Waals surface area contributed by atoms with E-state index in [-0.39, 0.29) is 19.6 Å². The van der Waals surface area contributed by atoms with Crippen LogP contribution in [0.25, 0.3) is 0 Å². The van der Waals surface area contributed by atoms with Gasteiger partial charge in [-0.05, 0) is 27.7 Å². The van der Waals surface area contributed by atoms with Crippen molar-refractivity contribution in [2.45, 2.75) is 51.9 Å². The summed E-state index contributed by atoms with van der Waals surface area (Å²) in [6.07, 6.45) is -0.532. The van der Waals surface area contributed by atoms with Gasteiger partial charge in [0, 0.05) is 6.42 Å². The number of esters is 1. The summed E-state index contributed by atoms with van der Waals surface area (Å²) in [5.41, 5.74) is -0.730. The predicted molar refractivity (Wildman–Crippen MR) is 77.7 cm³/mol. The van der Waals surface area contributed by atoms with Crippen LogP contribution in [0.5, 0.6) is 0 Å². The molecule has 0 aromatic carbocycles. The lowest BCUT2D eigenvalue weighted by molar-refractivity contribution is -0.148. The van der Waals surface area contributed by atoms with Crippen LogP contribution in [0.15, 0.2) is 0 Å². The Labute approximate surface area is 130 Å². The summed E-state index contributed by atoms with van der Waals surface area (Å²) >= 11 is 0. The molecule has 0 spiro atoms. The fourth-order valence-electron chi connectivity index (χ4n) is 2.10. The Morgan fingerprint density at radius 3 is 2.32 bits per heavy atom. The van der Waals surface area contributed by atoms with Crippen molar-refractivity contribution in [1.29, 1.82) is 0 Å². The first-order valence-electron chi connectivity index (χ1n) is 6.97. The van der Waals surface area contributed by atoms with Crippen LogP contribution in [0.4, 0.5) is 4.79 Å². The van der Waals surface area contributed by atoms with E-state index in [1.165, 1.54) is 0 Å². The van der Waals surface area contributed by atoms with Gasteiger partial charge < -0.3 is 9.47 Å². The van der Waals surface area contributed by atoms with Crippen LogP contribution in [-0.4, -0.2) is 62.5 Å². The average Bonchev–Trinajstić information content (AvgIpc) is 2.68. The molecule has 0 bridgehead atoms. The van der Waals surface area contributed by atoms with Crippen LogP contribution in [0, 0.1) is 0 Å². The van der Waals surface area contributed by atoms with Crippen molar-refractivity contribution in [2.75, 3.05) is 19.4 Å². The summed E-state index contributed by atoms with van der Waals surface area (Å²) in [5, 5.41) is 0. The molecule has 0 saturated carbocycles. The third-order valence-electron chi connectivity index (χ3n) is 2.76. The van der Waals surface area contributed by atoms with Crippen LogP contribution in [0.2, 0.25) is 0 Å². The molecule has 9 heteroatoms. The molecule has 0 N–H and O–H groups in total. The van der Waals surface area contributed by atoms with Gasteiger partial charge in [0.25, 0.3) is 10.1 Å². The van der Waals surface area contributed by atoms with Crippen molar-refractivity contribution < 1.29 is 31.7 Å². The van der Waals surface area contributed by atoms with Gasteiger partial charge in [0.15, 0.2) is 0 Å². The molecule has 22 heavy (non-hydrogen) atoms. The lowest BCUT2D eigenvalue weighted by Crippen LogP contribution is -2.44. The third kappa shape index (κ3) is 5.80. The van der Waals surface area contributed by atoms with Gasteiger partial charge in [-0.1, -0.05) is 0 Å². The zero-order valence-electron chi connectivity index (χ0n) is 13.5. The first-order valence-corrected chi connectivity index (χ1v) is 8.79. The van der Waals surface area contributed by atoms with Gasteiger partial charge in [0.1, 0.15) is 11.6 Å². The van der Waals surface area contributed by atoms with E-state index in [9.17, 15) is 18.0 Å². The van der Waals surface area contributed by atoms with E-state index in [0.29, 0.717) is 0 Å². The van der Waals surface area contributed by atoms with Crippen LogP contribution >= 0.6 is 0 Å². The smallest absolute Gasteiger partial charge is 0.411 e. The SMILES string of the molecule is CCOC(=O)[C@@H]1C[C@@H](OS(C)(=O)=O)CN1C(=O)OC(C)(C)C. The van der Waals surface area contributed by atoms with Crippen LogP contribution in [-0.2, 0) is 28.6 Å². The number of ether oxygens (including phenoxy) is 2. The van der Waals surface area contributed by atoms with E-state index >= 15 is 0 Å². The molecular weight excluding hydrogens is 314 g/mol. The van der Waals surface area contributed by atoms with E-state index in [1.54, 1.807) is 27.7 Å². The fraction of sp³-hybridized carbons (Fsp3) is 0.846. The summed E-state index contributed by atoms with van der Waals surface area (Å²) < 4.78 is 37.5. The number of hydrogen-bond donors (Lipinski definition) is 0. The first kappa shape index (κ1) is 18.7. The van der Waals surface area contributed by atoms with Gasteiger partial charge in [-0.25, -0.2) is 9.59 Å². The normalized spacial score (nSPS) is 22.5. The number of carbonyl (C=O) groups is 2. The van der Waals surface area contributed by atoms with Crippen molar-refractivity contribution in [3.63, 3.8) is 0 Å². The fourth-order valence-corrected chi connectivity index (χ4v) is 2.73. The van der Waals surface area contributed by atoms with E-state index in [2.05, 4.69) is 0 Å². The molecule has 1 fully saturated rings. The monoisotopic (exact) mass is 337 g/mol. The predicted octanol–water partition coefficient (Wildman–Crippen LogP) is 0.904. The molecule has 0 unspecified atom stereocenters. The van der Waals surface area contributed by atoms with Crippen molar-refractivity contribution >= 4 is 22.2 Å². The summed E-state index contributed by atoms with van der Waals surface area (Å²) in [5.74, 6) is -0.604. The minimum Gasteiger partial charge on any atom is -0.464 e. The van der Waals surface area contributed by atoms with E-state index in [1.807, 2.05) is 0 Å². The summed E-state index contributed by atoms with van der Waals surface area (Å²) in [7, 11) is -3.68. The van der Waals surface area contributed by atoms with Crippen molar-refractivity contribution in [1.82, 2.24) is 4.90 Å². The summed E-state index contributed by atoms with van der Waals surface area (Å²) in [6, 6.07) is -0.915. The molecule has 1 amide bonds. The molecule has 2 atom stereocenters. The molecular formula is C13H23NO7S. The Balaban J connectivity index is 2.89. The van der Waals surface area contributed by atoms with Crippen LogP contribution in [0.1, 0.15) is 34.1 Å². The van der Waals surface area contributed by atoms with Gasteiger partial charge in [-0.2, -0.15) is 8.42 Å². The van der Waals surface area contributed by atoms with Crippen molar-refractivity contribution in [3.05, 3.63) is 0 Å². The highest BCUT2D eigenvalue weighted by molar-refractivity contribution is 7.86. The van der Waals surface area contributed by atoms with Crippen molar-refractivity contribution in [3.8, 4) is 0 Å². The lowest BCUT2D eigenvalue weighted by atomic mass is 10.2. The Morgan fingerprint density at radius 1 is 1.27 bits per heavy atom. The summed E-state index contributed by atoms with van der Waals surface area (Å²) in [6.45, 7) is 6.86. The topological polar surface area (TPSA) is 99.2 Å². The molecule has 128 valence electrons. The van der Waals surface area contributed by atoms with Crippen LogP contribution < -0.4 is 0 Å². The number of nitrogens with zero attached hydrogens (tertiary/aromatic N) is 1. The molecule has 1 aliphatic heterocycles. The maximum Gasteiger partial charge on any atom is 0.411 e. The zero-order chi connectivity index (χ0) is 17.1. The number of amides is 1. The Hall–Kier alpha value is -1.35. The molecule has 0 aromatic heterocycles. The number of carbonyl (C=O) groups excluding carboxylic acids is 2.